The minimum absolute atomic E-state index is 0.0851. The highest BCUT2D eigenvalue weighted by molar-refractivity contribution is 8.00. The third kappa shape index (κ3) is 4.74. The van der Waals surface area contributed by atoms with E-state index >= 15 is 0 Å². The molecule has 0 amide bonds. The first-order valence-electron chi connectivity index (χ1n) is 8.33. The van der Waals surface area contributed by atoms with Gasteiger partial charge in [-0.1, -0.05) is 18.2 Å². The number of hydrogen-bond acceptors (Lipinski definition) is 6. The monoisotopic (exact) mass is 358 g/mol. The molecule has 3 rings (SSSR count). The fraction of sp³-hybridized carbons (Fsp3) is 0.368. The molecule has 0 radical (unpaired) electrons. The zero-order valence-corrected chi connectivity index (χ0v) is 15.1. The molecular formula is C19H22N2O3S. The quantitative estimate of drug-likeness (QED) is 0.676. The van der Waals surface area contributed by atoms with E-state index in [9.17, 15) is 4.79 Å². The van der Waals surface area contributed by atoms with Crippen molar-refractivity contribution in [2.24, 2.45) is 0 Å². The van der Waals surface area contributed by atoms with E-state index in [0.717, 1.165) is 30.3 Å². The van der Waals surface area contributed by atoms with Crippen molar-refractivity contribution in [1.82, 2.24) is 9.88 Å². The van der Waals surface area contributed by atoms with Gasteiger partial charge < -0.3 is 9.47 Å². The van der Waals surface area contributed by atoms with Crippen LogP contribution >= 0.6 is 11.8 Å². The number of nitrogens with zero attached hydrogens (tertiary/aromatic N) is 2. The van der Waals surface area contributed by atoms with Gasteiger partial charge in [-0.25, -0.2) is 0 Å². The fourth-order valence-electron chi connectivity index (χ4n) is 2.76. The van der Waals surface area contributed by atoms with Crippen LogP contribution in [0.1, 0.15) is 16.9 Å². The van der Waals surface area contributed by atoms with Crippen LogP contribution in [-0.4, -0.2) is 53.6 Å². The molecule has 1 aliphatic heterocycles. The van der Waals surface area contributed by atoms with Crippen molar-refractivity contribution >= 4 is 17.5 Å². The Morgan fingerprint density at radius 3 is 2.80 bits per heavy atom. The molecule has 0 spiro atoms. The number of Topliss-reactive ketones (excluding diaryl/α,β-unsaturated/α-hetero) is 1. The second-order valence-electron chi connectivity index (χ2n) is 5.71. The lowest BCUT2D eigenvalue weighted by molar-refractivity contribution is 0.0954. The number of para-hydroxylation sites is 2. The van der Waals surface area contributed by atoms with Crippen LogP contribution in [0.2, 0.25) is 0 Å². The zero-order chi connectivity index (χ0) is 17.5. The first kappa shape index (κ1) is 17.8. The molecule has 2 heterocycles. The van der Waals surface area contributed by atoms with Crippen LogP contribution in [0.25, 0.3) is 0 Å². The van der Waals surface area contributed by atoms with Crippen LogP contribution in [0.5, 0.6) is 11.5 Å². The van der Waals surface area contributed by atoms with E-state index in [1.54, 1.807) is 19.4 Å². The first-order valence-corrected chi connectivity index (χ1v) is 9.38. The van der Waals surface area contributed by atoms with E-state index in [1.165, 1.54) is 0 Å². The molecule has 6 heteroatoms. The van der Waals surface area contributed by atoms with Gasteiger partial charge in [-0.2, -0.15) is 0 Å². The van der Waals surface area contributed by atoms with Gasteiger partial charge in [0.15, 0.2) is 17.3 Å². The third-order valence-electron chi connectivity index (χ3n) is 4.12. The average molecular weight is 358 g/mol. The van der Waals surface area contributed by atoms with Gasteiger partial charge in [0, 0.05) is 31.5 Å². The van der Waals surface area contributed by atoms with Crippen molar-refractivity contribution in [1.29, 1.82) is 0 Å². The maximum absolute atomic E-state index is 12.2. The fourth-order valence-corrected chi connectivity index (χ4v) is 3.96. The molecule has 1 saturated heterocycles. The molecule has 1 atom stereocenters. The molecule has 5 nitrogen and oxygen atoms in total. The van der Waals surface area contributed by atoms with E-state index in [4.69, 9.17) is 9.47 Å². The molecule has 0 N–H and O–H groups in total. The maximum atomic E-state index is 12.2. The van der Waals surface area contributed by atoms with Crippen LogP contribution in [0, 0.1) is 0 Å². The number of hydrogen-bond donors (Lipinski definition) is 0. The number of pyridine rings is 1. The van der Waals surface area contributed by atoms with Crippen LogP contribution in [0.3, 0.4) is 0 Å². The summed E-state index contributed by atoms with van der Waals surface area (Å²) in [4.78, 5) is 18.7. The second kappa shape index (κ2) is 8.87. The highest BCUT2D eigenvalue weighted by atomic mass is 32.2. The van der Waals surface area contributed by atoms with Gasteiger partial charge in [-0.3, -0.25) is 14.7 Å². The Morgan fingerprint density at radius 2 is 2.04 bits per heavy atom. The number of carbonyl (C=O) groups is 1. The van der Waals surface area contributed by atoms with E-state index in [0.29, 0.717) is 18.7 Å². The molecule has 1 aromatic heterocycles. The van der Waals surface area contributed by atoms with Gasteiger partial charge in [0.1, 0.15) is 12.3 Å². The number of ether oxygens (including phenoxy) is 2. The Balaban J connectivity index is 1.51. The summed E-state index contributed by atoms with van der Waals surface area (Å²) in [5, 5.41) is 0.251. The predicted molar refractivity (Wildman–Crippen MR) is 99.5 cm³/mol. The second-order valence-corrected chi connectivity index (χ2v) is 7.00. The number of carbonyl (C=O) groups excluding carboxylic acids is 1. The molecule has 0 bridgehead atoms. The molecule has 132 valence electrons. The van der Waals surface area contributed by atoms with Crippen molar-refractivity contribution in [2.45, 2.75) is 11.8 Å². The van der Waals surface area contributed by atoms with Gasteiger partial charge in [-0.15, -0.1) is 11.8 Å². The van der Waals surface area contributed by atoms with Crippen LogP contribution < -0.4 is 9.47 Å². The van der Waals surface area contributed by atoms with Crippen molar-refractivity contribution in [3.8, 4) is 11.5 Å². The Morgan fingerprint density at radius 1 is 1.24 bits per heavy atom. The molecular weight excluding hydrogens is 336 g/mol. The Kier molecular flexibility index (Phi) is 6.30. The molecule has 1 aromatic carbocycles. The molecule has 0 aliphatic carbocycles. The van der Waals surface area contributed by atoms with Crippen molar-refractivity contribution in [2.75, 3.05) is 32.6 Å². The number of methoxy groups -OCH3 is 1. The first-order chi connectivity index (χ1) is 12.3. The van der Waals surface area contributed by atoms with E-state index in [-0.39, 0.29) is 11.2 Å². The topological polar surface area (TPSA) is 51.7 Å². The van der Waals surface area contributed by atoms with Crippen LogP contribution in [0.4, 0.5) is 0 Å². The normalized spacial score (nSPS) is 17.4. The Labute approximate surface area is 152 Å². The number of benzene rings is 1. The van der Waals surface area contributed by atoms with Crippen molar-refractivity contribution < 1.29 is 14.3 Å². The van der Waals surface area contributed by atoms with E-state index in [2.05, 4.69) is 9.88 Å². The lowest BCUT2D eigenvalue weighted by atomic mass is 10.2. The molecule has 1 fully saturated rings. The summed E-state index contributed by atoms with van der Waals surface area (Å²) in [6.07, 6.45) is 2.13. The van der Waals surface area contributed by atoms with Gasteiger partial charge in [0.2, 0.25) is 0 Å². The SMILES string of the molecule is COc1ccccc1OCC1SCCN1CCC(=O)c1ccccn1. The van der Waals surface area contributed by atoms with Gasteiger partial charge in [0.05, 0.1) is 12.5 Å². The average Bonchev–Trinajstić information content (AvgIpc) is 3.12. The summed E-state index contributed by atoms with van der Waals surface area (Å²) < 4.78 is 11.3. The standard InChI is InChI=1S/C19H22N2O3S/c1-23-17-7-2-3-8-18(17)24-14-19-21(12-13-25-19)11-9-16(22)15-6-4-5-10-20-15/h2-8,10,19H,9,11-14H2,1H3. The maximum Gasteiger partial charge on any atom is 0.182 e. The van der Waals surface area contributed by atoms with Crippen LogP contribution in [0.15, 0.2) is 48.7 Å². The summed E-state index contributed by atoms with van der Waals surface area (Å²) in [5.41, 5.74) is 0.538. The molecule has 1 unspecified atom stereocenters. The van der Waals surface area contributed by atoms with E-state index in [1.807, 2.05) is 48.2 Å². The number of thioether (sulfide) groups is 1. The lowest BCUT2D eigenvalue weighted by Crippen LogP contribution is -2.34. The van der Waals surface area contributed by atoms with Crippen molar-refractivity contribution in [3.63, 3.8) is 0 Å². The summed E-state index contributed by atoms with van der Waals surface area (Å²) in [6, 6.07) is 13.1. The lowest BCUT2D eigenvalue weighted by Gasteiger charge is -2.23. The van der Waals surface area contributed by atoms with E-state index < -0.39 is 0 Å². The van der Waals surface area contributed by atoms with Gasteiger partial charge >= 0.3 is 0 Å². The zero-order valence-electron chi connectivity index (χ0n) is 14.3. The molecule has 1 aliphatic rings. The molecule has 2 aromatic rings. The number of ketones is 1. The molecule has 25 heavy (non-hydrogen) atoms. The number of aromatic nitrogens is 1. The molecule has 0 saturated carbocycles. The Hall–Kier alpha value is -2.05. The number of rotatable bonds is 8. The minimum atomic E-state index is 0.0851. The predicted octanol–water partition coefficient (Wildman–Crippen LogP) is 3.12. The van der Waals surface area contributed by atoms with Crippen LogP contribution in [-0.2, 0) is 0 Å². The minimum Gasteiger partial charge on any atom is -0.493 e. The highest BCUT2D eigenvalue weighted by Crippen LogP contribution is 2.29. The summed E-state index contributed by atoms with van der Waals surface area (Å²) in [7, 11) is 1.64. The summed E-state index contributed by atoms with van der Waals surface area (Å²) >= 11 is 1.86. The summed E-state index contributed by atoms with van der Waals surface area (Å²) in [5.74, 6) is 2.63. The largest absolute Gasteiger partial charge is 0.493 e. The van der Waals surface area contributed by atoms with Crippen molar-refractivity contribution in [3.05, 3.63) is 54.4 Å². The van der Waals surface area contributed by atoms with Gasteiger partial charge in [-0.05, 0) is 24.3 Å². The smallest absolute Gasteiger partial charge is 0.182 e. The highest BCUT2D eigenvalue weighted by Gasteiger charge is 2.26. The Bertz CT molecular complexity index is 696. The summed E-state index contributed by atoms with van der Waals surface area (Å²) in [6.45, 7) is 2.27. The third-order valence-corrected chi connectivity index (χ3v) is 5.36. The van der Waals surface area contributed by atoms with Gasteiger partial charge in [0.25, 0.3) is 0 Å².